The Kier molecular flexibility index (Phi) is 6.13. The molecule has 2 heterocycles. The number of carbonyl (C=O) groups excluding carboxylic acids is 1. The first kappa shape index (κ1) is 20.3. The second-order valence-electron chi connectivity index (χ2n) is 6.24. The van der Waals surface area contributed by atoms with Crippen LogP contribution in [0.5, 0.6) is 5.75 Å². The average Bonchev–Trinajstić information content (AvgIpc) is 3.07. The predicted molar refractivity (Wildman–Crippen MR) is 101 cm³/mol. The third kappa shape index (κ3) is 4.38. The van der Waals surface area contributed by atoms with Crippen molar-refractivity contribution in [3.63, 3.8) is 0 Å². The highest BCUT2D eigenvalue weighted by molar-refractivity contribution is 6.47. The maximum atomic E-state index is 12.5. The van der Waals surface area contributed by atoms with Crippen molar-refractivity contribution in [2.24, 2.45) is 11.5 Å². The number of carbonyl (C=O) groups is 2. The molecule has 12 heteroatoms. The van der Waals surface area contributed by atoms with E-state index < -0.39 is 24.9 Å². The lowest BCUT2D eigenvalue weighted by atomic mass is 9.72. The maximum absolute atomic E-state index is 12.5. The van der Waals surface area contributed by atoms with Gasteiger partial charge in [0, 0.05) is 6.54 Å². The van der Waals surface area contributed by atoms with E-state index in [0.717, 1.165) is 0 Å². The maximum Gasteiger partial charge on any atom is 0.547 e. The Hall–Kier alpha value is -3.40. The van der Waals surface area contributed by atoms with Crippen molar-refractivity contribution in [1.29, 1.82) is 0 Å². The monoisotopic (exact) mass is 398 g/mol. The van der Waals surface area contributed by atoms with Crippen molar-refractivity contribution >= 4 is 19.0 Å². The molecule has 1 aromatic heterocycles. The number of hydrogen-bond donors (Lipinski definition) is 5. The highest BCUT2D eigenvalue weighted by Gasteiger charge is 2.37. The van der Waals surface area contributed by atoms with Crippen LogP contribution in [0, 0.1) is 11.8 Å². The summed E-state index contributed by atoms with van der Waals surface area (Å²) in [6.07, 6.45) is 0.203. The van der Waals surface area contributed by atoms with Gasteiger partial charge in [0.2, 0.25) is 5.91 Å². The number of para-hydroxylation sites is 1. The summed E-state index contributed by atoms with van der Waals surface area (Å²) < 4.78 is 6.66. The van der Waals surface area contributed by atoms with Crippen LogP contribution in [-0.4, -0.2) is 56.6 Å². The predicted octanol–water partition coefficient (Wildman–Crippen LogP) is -2.12. The van der Waals surface area contributed by atoms with Gasteiger partial charge in [0.25, 0.3) is 0 Å². The van der Waals surface area contributed by atoms with E-state index in [1.807, 2.05) is 0 Å². The van der Waals surface area contributed by atoms with E-state index in [0.29, 0.717) is 17.0 Å². The number of amides is 1. The fraction of sp³-hybridized carbons (Fsp3) is 0.294. The molecule has 150 valence electrons. The number of rotatable bonds is 5. The van der Waals surface area contributed by atoms with Crippen LogP contribution in [-0.2, 0) is 24.3 Å². The summed E-state index contributed by atoms with van der Waals surface area (Å²) in [6.45, 7) is 0.0334. The molecule has 2 aromatic rings. The zero-order valence-corrected chi connectivity index (χ0v) is 15.3. The molecule has 1 atom stereocenters. The molecule has 0 fully saturated rings. The average molecular weight is 398 g/mol. The molecule has 29 heavy (non-hydrogen) atoms. The SMILES string of the molecule is NCC#Cc1c(CN)nnn1CC(=O)N[C@H]1Cc2cccc(C(=O)O)c2OB1O. The Morgan fingerprint density at radius 1 is 1.41 bits per heavy atom. The van der Waals surface area contributed by atoms with Gasteiger partial charge in [0.1, 0.15) is 23.7 Å². The van der Waals surface area contributed by atoms with Crippen LogP contribution in [0.3, 0.4) is 0 Å². The number of hydrogen-bond acceptors (Lipinski definition) is 8. The molecule has 11 nitrogen and oxygen atoms in total. The second kappa shape index (κ2) is 8.74. The number of nitrogens with two attached hydrogens (primary N) is 2. The smallest absolute Gasteiger partial charge is 0.534 e. The van der Waals surface area contributed by atoms with Gasteiger partial charge in [-0.05, 0) is 24.0 Å². The first-order chi connectivity index (χ1) is 13.9. The Morgan fingerprint density at radius 3 is 2.90 bits per heavy atom. The Balaban J connectivity index is 1.73. The topological polar surface area (TPSA) is 179 Å². The summed E-state index contributed by atoms with van der Waals surface area (Å²) in [5.41, 5.74) is 12.3. The number of aromatic nitrogens is 3. The highest BCUT2D eigenvalue weighted by Crippen LogP contribution is 2.30. The quantitative estimate of drug-likeness (QED) is 0.278. The number of carboxylic acid groups (broad SMARTS) is 1. The summed E-state index contributed by atoms with van der Waals surface area (Å²) >= 11 is 0. The van der Waals surface area contributed by atoms with E-state index in [1.165, 1.54) is 10.7 Å². The summed E-state index contributed by atoms with van der Waals surface area (Å²) in [5, 5.41) is 29.9. The Labute approximate surface area is 166 Å². The first-order valence-corrected chi connectivity index (χ1v) is 8.75. The second-order valence-corrected chi connectivity index (χ2v) is 6.24. The highest BCUT2D eigenvalue weighted by atomic mass is 16.5. The van der Waals surface area contributed by atoms with E-state index in [1.54, 1.807) is 12.1 Å². The molecule has 0 bridgehead atoms. The molecule has 0 saturated carbocycles. The number of fused-ring (bicyclic) bond motifs is 1. The van der Waals surface area contributed by atoms with Crippen molar-refractivity contribution in [1.82, 2.24) is 20.3 Å². The van der Waals surface area contributed by atoms with Crippen LogP contribution >= 0.6 is 0 Å². The fourth-order valence-electron chi connectivity index (χ4n) is 2.97. The van der Waals surface area contributed by atoms with Crippen molar-refractivity contribution in [2.45, 2.75) is 25.5 Å². The van der Waals surface area contributed by atoms with Crippen molar-refractivity contribution in [3.05, 3.63) is 40.7 Å². The van der Waals surface area contributed by atoms with E-state index >= 15 is 0 Å². The standard InChI is InChI=1S/C17H19BN6O5/c19-6-2-5-13-12(8-20)22-23-24(13)9-15(25)21-14-7-10-3-1-4-11(17(26)27)16(10)29-18(14)28/h1,3-4,14,28H,6-9,19-20H2,(H,21,25)(H,26,27)/t14-/m0/s1. The van der Waals surface area contributed by atoms with Gasteiger partial charge in [-0.1, -0.05) is 23.3 Å². The molecular weight excluding hydrogens is 379 g/mol. The van der Waals surface area contributed by atoms with E-state index in [2.05, 4.69) is 27.5 Å². The third-order valence-corrected chi connectivity index (χ3v) is 4.30. The molecule has 1 aliphatic rings. The zero-order valence-electron chi connectivity index (χ0n) is 15.3. The fourth-order valence-corrected chi connectivity index (χ4v) is 2.97. The van der Waals surface area contributed by atoms with Crippen LogP contribution in [0.25, 0.3) is 0 Å². The molecule has 1 aliphatic heterocycles. The number of nitrogens with one attached hydrogen (secondary N) is 1. The van der Waals surface area contributed by atoms with E-state index in [9.17, 15) is 19.7 Å². The molecule has 0 aliphatic carbocycles. The van der Waals surface area contributed by atoms with Crippen LogP contribution in [0.1, 0.15) is 27.3 Å². The van der Waals surface area contributed by atoms with Gasteiger partial charge in [0.05, 0.1) is 18.0 Å². The van der Waals surface area contributed by atoms with Gasteiger partial charge >= 0.3 is 13.1 Å². The van der Waals surface area contributed by atoms with Crippen molar-refractivity contribution in [3.8, 4) is 17.6 Å². The van der Waals surface area contributed by atoms with Crippen molar-refractivity contribution in [2.75, 3.05) is 6.54 Å². The molecule has 1 amide bonds. The van der Waals surface area contributed by atoms with Gasteiger partial charge in [-0.2, -0.15) is 0 Å². The number of benzene rings is 1. The van der Waals surface area contributed by atoms with E-state index in [-0.39, 0.29) is 37.4 Å². The molecule has 0 unspecified atom stereocenters. The molecule has 1 aromatic carbocycles. The lowest BCUT2D eigenvalue weighted by molar-refractivity contribution is -0.122. The lowest BCUT2D eigenvalue weighted by Gasteiger charge is -2.28. The minimum atomic E-state index is -1.40. The van der Waals surface area contributed by atoms with Gasteiger partial charge in [-0.25, -0.2) is 9.48 Å². The summed E-state index contributed by atoms with van der Waals surface area (Å²) in [6, 6.07) is 4.64. The minimum absolute atomic E-state index is 0.0497. The Morgan fingerprint density at radius 2 is 2.21 bits per heavy atom. The summed E-state index contributed by atoms with van der Waals surface area (Å²) in [7, 11) is -1.40. The zero-order chi connectivity index (χ0) is 21.0. The number of nitrogens with zero attached hydrogens (tertiary/aromatic N) is 3. The number of carboxylic acids is 1. The summed E-state index contributed by atoms with van der Waals surface area (Å²) in [4.78, 5) is 23.8. The minimum Gasteiger partial charge on any atom is -0.534 e. The largest absolute Gasteiger partial charge is 0.547 e. The molecular formula is C17H19BN6O5. The Bertz CT molecular complexity index is 998. The van der Waals surface area contributed by atoms with Crippen LogP contribution in [0.4, 0.5) is 0 Å². The lowest BCUT2D eigenvalue weighted by Crippen LogP contribution is -2.53. The van der Waals surface area contributed by atoms with Gasteiger partial charge in [-0.15, -0.1) is 5.10 Å². The number of aromatic carboxylic acids is 1. The molecule has 0 saturated heterocycles. The van der Waals surface area contributed by atoms with Crippen LogP contribution in [0.15, 0.2) is 18.2 Å². The first-order valence-electron chi connectivity index (χ1n) is 8.75. The molecule has 0 spiro atoms. The molecule has 7 N–H and O–H groups in total. The van der Waals surface area contributed by atoms with Crippen LogP contribution in [0.2, 0.25) is 0 Å². The summed E-state index contributed by atoms with van der Waals surface area (Å²) in [5.74, 6) is 3.18. The van der Waals surface area contributed by atoms with Gasteiger partial charge < -0.3 is 31.6 Å². The third-order valence-electron chi connectivity index (χ3n) is 4.30. The van der Waals surface area contributed by atoms with Crippen LogP contribution < -0.4 is 21.4 Å². The molecule has 3 rings (SSSR count). The normalized spacial score (nSPS) is 15.0. The van der Waals surface area contributed by atoms with Gasteiger partial charge in [-0.3, -0.25) is 4.79 Å². The van der Waals surface area contributed by atoms with Gasteiger partial charge in [0.15, 0.2) is 0 Å². The molecule has 0 radical (unpaired) electrons. The van der Waals surface area contributed by atoms with Crippen molar-refractivity contribution < 1.29 is 24.4 Å². The van der Waals surface area contributed by atoms with E-state index in [4.69, 9.17) is 16.1 Å².